The number of amides is 1. The smallest absolute Gasteiger partial charge is 0.312 e. The van der Waals surface area contributed by atoms with Crippen LogP contribution in [0.1, 0.15) is 40.2 Å². The van der Waals surface area contributed by atoms with E-state index in [-0.39, 0.29) is 34.5 Å². The fourth-order valence-electron chi connectivity index (χ4n) is 4.18. The summed E-state index contributed by atoms with van der Waals surface area (Å²) in [7, 11) is -4.63. The Morgan fingerprint density at radius 3 is 2.15 bits per heavy atom. The summed E-state index contributed by atoms with van der Waals surface area (Å²) in [6.45, 7) is 2.34. The lowest BCUT2D eigenvalue weighted by Gasteiger charge is -2.33. The number of carbonyl (C=O) groups excluding carboxylic acids is 1. The van der Waals surface area contributed by atoms with Crippen molar-refractivity contribution in [2.75, 3.05) is 18.4 Å². The van der Waals surface area contributed by atoms with Crippen molar-refractivity contribution < 1.29 is 26.5 Å². The van der Waals surface area contributed by atoms with Crippen molar-refractivity contribution in [3.8, 4) is 0 Å². The Morgan fingerprint density at radius 2 is 1.59 bits per heavy atom. The predicted octanol–water partition coefficient (Wildman–Crippen LogP) is 4.68. The average Bonchev–Trinajstić information content (AvgIpc) is 2.81. The molecule has 1 saturated heterocycles. The number of rotatable bonds is 5. The normalized spacial score (nSPS) is 14.8. The predicted molar refractivity (Wildman–Crippen MR) is 123 cm³/mol. The molecule has 1 aliphatic rings. The van der Waals surface area contributed by atoms with Gasteiger partial charge in [-0.25, -0.2) is 13.8 Å². The summed E-state index contributed by atoms with van der Waals surface area (Å²) in [5, 5.41) is 2.41. The minimum atomic E-state index is -4.63. The SMILES string of the molecule is Cc1c(S(=O)(=O)O)ncc(C(=O)N2CCC(c3ccc(F)cc3)CC2)c1Nc1ccc(F)cc1. The fourth-order valence-corrected chi connectivity index (χ4v) is 4.85. The molecule has 0 unspecified atom stereocenters. The molecule has 2 N–H and O–H groups in total. The van der Waals surface area contributed by atoms with Gasteiger partial charge in [-0.15, -0.1) is 0 Å². The number of benzene rings is 2. The molecule has 0 saturated carbocycles. The molecule has 2 aromatic carbocycles. The number of anilines is 2. The second kappa shape index (κ2) is 9.47. The van der Waals surface area contributed by atoms with Crippen LogP contribution in [0.4, 0.5) is 20.2 Å². The third-order valence-electron chi connectivity index (χ3n) is 5.99. The molecular weight excluding hydrogens is 464 g/mol. The van der Waals surface area contributed by atoms with Crippen molar-refractivity contribution >= 4 is 27.4 Å². The van der Waals surface area contributed by atoms with Crippen molar-refractivity contribution in [2.45, 2.75) is 30.7 Å². The maximum Gasteiger partial charge on any atom is 0.312 e. The van der Waals surface area contributed by atoms with Gasteiger partial charge < -0.3 is 10.2 Å². The Kier molecular flexibility index (Phi) is 6.63. The molecule has 1 aromatic heterocycles. The molecular formula is C24H23F2N3O4S. The molecule has 0 bridgehead atoms. The van der Waals surface area contributed by atoms with E-state index in [0.29, 0.717) is 31.6 Å². The first-order chi connectivity index (χ1) is 16.1. The van der Waals surface area contributed by atoms with Gasteiger partial charge in [-0.3, -0.25) is 9.35 Å². The number of carbonyl (C=O) groups is 1. The van der Waals surface area contributed by atoms with Crippen molar-refractivity contribution in [2.24, 2.45) is 0 Å². The van der Waals surface area contributed by atoms with E-state index < -0.39 is 21.0 Å². The van der Waals surface area contributed by atoms with Crippen LogP contribution < -0.4 is 5.32 Å². The highest BCUT2D eigenvalue weighted by Gasteiger charge is 2.29. The van der Waals surface area contributed by atoms with E-state index in [2.05, 4.69) is 10.3 Å². The van der Waals surface area contributed by atoms with Crippen molar-refractivity contribution in [1.82, 2.24) is 9.88 Å². The molecule has 34 heavy (non-hydrogen) atoms. The van der Waals surface area contributed by atoms with Gasteiger partial charge >= 0.3 is 10.1 Å². The lowest BCUT2D eigenvalue weighted by molar-refractivity contribution is 0.0713. The molecule has 1 fully saturated rings. The molecule has 0 atom stereocenters. The molecule has 10 heteroatoms. The second-order valence-electron chi connectivity index (χ2n) is 8.20. The summed E-state index contributed by atoms with van der Waals surface area (Å²) in [6.07, 6.45) is 2.50. The van der Waals surface area contributed by atoms with Gasteiger partial charge in [0.15, 0.2) is 5.03 Å². The Balaban J connectivity index is 1.61. The van der Waals surface area contributed by atoms with Gasteiger partial charge in [0.1, 0.15) is 11.6 Å². The number of halogens is 2. The van der Waals surface area contributed by atoms with Gasteiger partial charge in [-0.1, -0.05) is 12.1 Å². The quantitative estimate of drug-likeness (QED) is 0.507. The van der Waals surface area contributed by atoms with E-state index in [0.717, 1.165) is 11.8 Å². The summed E-state index contributed by atoms with van der Waals surface area (Å²) in [5.41, 5.74) is 1.82. The number of nitrogens with zero attached hydrogens (tertiary/aromatic N) is 2. The van der Waals surface area contributed by atoms with Gasteiger partial charge in [-0.05, 0) is 67.6 Å². The molecule has 4 rings (SSSR count). The summed E-state index contributed by atoms with van der Waals surface area (Å²) < 4.78 is 59.6. The van der Waals surface area contributed by atoms with Gasteiger partial charge in [0, 0.05) is 30.5 Å². The molecule has 0 aliphatic carbocycles. The number of piperidine rings is 1. The van der Waals surface area contributed by atoms with Gasteiger partial charge in [0.25, 0.3) is 5.91 Å². The van der Waals surface area contributed by atoms with E-state index in [1.54, 1.807) is 17.0 Å². The number of hydrogen-bond acceptors (Lipinski definition) is 5. The maximum absolute atomic E-state index is 13.4. The highest BCUT2D eigenvalue weighted by Crippen LogP contribution is 2.32. The zero-order valence-electron chi connectivity index (χ0n) is 18.3. The van der Waals surface area contributed by atoms with Gasteiger partial charge in [-0.2, -0.15) is 8.42 Å². The number of hydrogen-bond donors (Lipinski definition) is 2. The Labute approximate surface area is 196 Å². The number of nitrogens with one attached hydrogen (secondary N) is 1. The highest BCUT2D eigenvalue weighted by molar-refractivity contribution is 7.85. The van der Waals surface area contributed by atoms with Crippen LogP contribution in [-0.4, -0.2) is 41.9 Å². The zero-order chi connectivity index (χ0) is 24.5. The van der Waals surface area contributed by atoms with E-state index >= 15 is 0 Å². The molecule has 0 radical (unpaired) electrons. The highest BCUT2D eigenvalue weighted by atomic mass is 32.2. The standard InChI is InChI=1S/C24H23F2N3O4S/c1-15-22(28-20-8-6-19(26)7-9-20)21(14-27-23(15)34(31,32)33)24(30)29-12-10-17(11-13-29)16-2-4-18(25)5-3-16/h2-9,14,17H,10-13H2,1H3,(H,27,28)(H,31,32,33). The lowest BCUT2D eigenvalue weighted by Crippen LogP contribution is -2.38. The lowest BCUT2D eigenvalue weighted by atomic mass is 9.89. The summed E-state index contributed by atoms with van der Waals surface area (Å²) >= 11 is 0. The van der Waals surface area contributed by atoms with E-state index in [1.165, 1.54) is 43.3 Å². The molecule has 0 spiro atoms. The molecule has 178 valence electrons. The number of likely N-dealkylation sites (tertiary alicyclic amines) is 1. The van der Waals surface area contributed by atoms with Crippen molar-refractivity contribution in [1.29, 1.82) is 0 Å². The first kappa shape index (κ1) is 23.8. The maximum atomic E-state index is 13.4. The summed E-state index contributed by atoms with van der Waals surface area (Å²) in [5.74, 6) is -0.896. The third kappa shape index (κ3) is 5.07. The van der Waals surface area contributed by atoms with E-state index in [4.69, 9.17) is 0 Å². The summed E-state index contributed by atoms with van der Waals surface area (Å²) in [6, 6.07) is 11.7. The van der Waals surface area contributed by atoms with E-state index in [9.17, 15) is 26.5 Å². The monoisotopic (exact) mass is 487 g/mol. The Hall–Kier alpha value is -3.37. The van der Waals surface area contributed by atoms with Crippen molar-refractivity contribution in [3.05, 3.63) is 83.1 Å². The number of pyridine rings is 1. The zero-order valence-corrected chi connectivity index (χ0v) is 19.1. The van der Waals surface area contributed by atoms with Crippen LogP contribution >= 0.6 is 0 Å². The van der Waals surface area contributed by atoms with Crippen molar-refractivity contribution in [3.63, 3.8) is 0 Å². The first-order valence-electron chi connectivity index (χ1n) is 10.7. The van der Waals surface area contributed by atoms with Gasteiger partial charge in [0.05, 0.1) is 11.3 Å². The molecule has 1 amide bonds. The molecule has 3 aromatic rings. The van der Waals surface area contributed by atoms with Crippen LogP contribution in [0.25, 0.3) is 0 Å². The Morgan fingerprint density at radius 1 is 1.03 bits per heavy atom. The largest absolute Gasteiger partial charge is 0.355 e. The topological polar surface area (TPSA) is 99.6 Å². The summed E-state index contributed by atoms with van der Waals surface area (Å²) in [4.78, 5) is 18.9. The van der Waals surface area contributed by atoms with Crippen LogP contribution in [0.5, 0.6) is 0 Å². The van der Waals surface area contributed by atoms with Crippen LogP contribution in [-0.2, 0) is 10.1 Å². The molecule has 2 heterocycles. The first-order valence-corrected chi connectivity index (χ1v) is 12.1. The van der Waals surface area contributed by atoms with Crippen LogP contribution in [0.3, 0.4) is 0 Å². The van der Waals surface area contributed by atoms with Crippen LogP contribution in [0, 0.1) is 18.6 Å². The molecule has 1 aliphatic heterocycles. The Bertz CT molecular complexity index is 1310. The van der Waals surface area contributed by atoms with E-state index in [1.807, 2.05) is 0 Å². The van der Waals surface area contributed by atoms with Crippen LogP contribution in [0.15, 0.2) is 59.8 Å². The minimum absolute atomic E-state index is 0.0684. The van der Waals surface area contributed by atoms with Crippen LogP contribution in [0.2, 0.25) is 0 Å². The average molecular weight is 488 g/mol. The third-order valence-corrected chi connectivity index (χ3v) is 6.89. The number of aromatic nitrogens is 1. The van der Waals surface area contributed by atoms with Gasteiger partial charge in [0.2, 0.25) is 0 Å². The fraction of sp³-hybridized carbons (Fsp3) is 0.250. The molecule has 7 nitrogen and oxygen atoms in total. The second-order valence-corrected chi connectivity index (χ2v) is 9.54. The minimum Gasteiger partial charge on any atom is -0.355 e.